The first-order valence-corrected chi connectivity index (χ1v) is 14.3. The zero-order chi connectivity index (χ0) is 23.1. The molecule has 2 N–H and O–H groups in total. The highest BCUT2D eigenvalue weighted by atomic mass is 32.2. The van der Waals surface area contributed by atoms with Crippen molar-refractivity contribution in [1.29, 1.82) is 0 Å². The molecule has 33 heavy (non-hydrogen) atoms. The van der Waals surface area contributed by atoms with E-state index in [0.29, 0.717) is 19.6 Å². The second-order valence-corrected chi connectivity index (χ2v) is 12.3. The number of nitrogens with one attached hydrogen (secondary N) is 2. The van der Waals surface area contributed by atoms with E-state index in [4.69, 9.17) is 9.47 Å². The summed E-state index contributed by atoms with van der Waals surface area (Å²) in [5.41, 5.74) is 3.59. The molecule has 0 aromatic heterocycles. The molecule has 2 atom stereocenters. The lowest BCUT2D eigenvalue weighted by Gasteiger charge is -2.12. The highest BCUT2D eigenvalue weighted by Gasteiger charge is 2.26. The summed E-state index contributed by atoms with van der Waals surface area (Å²) in [6, 6.07) is 10.1. The third-order valence-corrected chi connectivity index (χ3v) is 9.34. The minimum Gasteiger partial charge on any atom is -0.377 e. The van der Waals surface area contributed by atoms with Crippen LogP contribution in [0.3, 0.4) is 0 Å². The van der Waals surface area contributed by atoms with Gasteiger partial charge in [0.1, 0.15) is 0 Å². The quantitative estimate of drug-likeness (QED) is 0.499. The van der Waals surface area contributed by atoms with Crippen LogP contribution in [0.15, 0.2) is 46.2 Å². The van der Waals surface area contributed by atoms with E-state index < -0.39 is 20.0 Å². The average Bonchev–Trinajstić information content (AvgIpc) is 3.56. The normalized spacial score (nSPS) is 22.4. The van der Waals surface area contributed by atoms with Crippen LogP contribution < -0.4 is 9.44 Å². The Kier molecular flexibility index (Phi) is 6.32. The fourth-order valence-corrected chi connectivity index (χ4v) is 6.91. The van der Waals surface area contributed by atoms with Crippen molar-refractivity contribution in [3.8, 4) is 11.1 Å². The summed E-state index contributed by atoms with van der Waals surface area (Å²) in [7, 11) is -7.30. The maximum atomic E-state index is 12.8. The number of benzene rings is 2. The van der Waals surface area contributed by atoms with Crippen LogP contribution in [-0.2, 0) is 35.9 Å². The Bertz CT molecular complexity index is 1150. The van der Waals surface area contributed by atoms with E-state index in [1.54, 1.807) is 36.4 Å². The van der Waals surface area contributed by atoms with Crippen molar-refractivity contribution in [1.82, 2.24) is 9.44 Å². The van der Waals surface area contributed by atoms with Gasteiger partial charge in [0.2, 0.25) is 20.0 Å². The first kappa shape index (κ1) is 22.9. The molecule has 2 aromatic carbocycles. The molecule has 5 rings (SSSR count). The molecule has 0 radical (unpaired) electrons. The second-order valence-electron chi connectivity index (χ2n) is 8.79. The van der Waals surface area contributed by atoms with Crippen molar-refractivity contribution >= 4 is 20.0 Å². The molecule has 0 spiro atoms. The number of sulfonamides is 2. The fourth-order valence-electron chi connectivity index (χ4n) is 4.68. The minimum atomic E-state index is -3.65. The van der Waals surface area contributed by atoms with Crippen molar-refractivity contribution in [2.24, 2.45) is 0 Å². The predicted molar refractivity (Wildman–Crippen MR) is 123 cm³/mol. The van der Waals surface area contributed by atoms with E-state index in [-0.39, 0.29) is 35.1 Å². The lowest BCUT2D eigenvalue weighted by molar-refractivity contribution is 0.114. The Morgan fingerprint density at radius 1 is 0.727 bits per heavy atom. The molecule has 178 valence electrons. The smallest absolute Gasteiger partial charge is 0.240 e. The molecule has 10 heteroatoms. The maximum Gasteiger partial charge on any atom is 0.240 e. The largest absolute Gasteiger partial charge is 0.377 e. The van der Waals surface area contributed by atoms with Gasteiger partial charge in [-0.25, -0.2) is 26.3 Å². The summed E-state index contributed by atoms with van der Waals surface area (Å²) in [5, 5.41) is 0. The van der Waals surface area contributed by atoms with Gasteiger partial charge in [0, 0.05) is 26.3 Å². The molecule has 3 aliphatic rings. The van der Waals surface area contributed by atoms with Gasteiger partial charge in [-0.05, 0) is 78.6 Å². The average molecular weight is 493 g/mol. The van der Waals surface area contributed by atoms with Gasteiger partial charge >= 0.3 is 0 Å². The second kappa shape index (κ2) is 9.09. The van der Waals surface area contributed by atoms with Crippen LogP contribution >= 0.6 is 0 Å². The summed E-state index contributed by atoms with van der Waals surface area (Å²) < 4.78 is 67.3. The zero-order valence-electron chi connectivity index (χ0n) is 18.2. The van der Waals surface area contributed by atoms with Crippen LogP contribution in [0.2, 0.25) is 0 Å². The number of hydrogen-bond acceptors (Lipinski definition) is 6. The van der Waals surface area contributed by atoms with E-state index in [1.165, 1.54) is 0 Å². The van der Waals surface area contributed by atoms with Crippen LogP contribution in [0.25, 0.3) is 11.1 Å². The van der Waals surface area contributed by atoms with Gasteiger partial charge in [-0.15, -0.1) is 0 Å². The van der Waals surface area contributed by atoms with Gasteiger partial charge in [-0.1, -0.05) is 12.1 Å². The van der Waals surface area contributed by atoms with Crippen molar-refractivity contribution in [2.75, 3.05) is 26.3 Å². The Morgan fingerprint density at radius 2 is 1.18 bits per heavy atom. The molecule has 8 nitrogen and oxygen atoms in total. The molecule has 2 aliphatic heterocycles. The van der Waals surface area contributed by atoms with Crippen LogP contribution in [0, 0.1) is 0 Å². The van der Waals surface area contributed by atoms with Crippen LogP contribution in [0.5, 0.6) is 0 Å². The van der Waals surface area contributed by atoms with Gasteiger partial charge in [0.15, 0.2) is 0 Å². The highest BCUT2D eigenvalue weighted by molar-refractivity contribution is 7.89. The lowest BCUT2D eigenvalue weighted by atomic mass is 10.1. The number of fused-ring (bicyclic) bond motifs is 3. The SMILES string of the molecule is O=S(=O)(NC[C@@H]1CCCO1)c1ccc2c(c1)Cc1cc(S(=O)(=O)NC[C@@H]3CCCO3)ccc1-2. The van der Waals surface area contributed by atoms with Gasteiger partial charge in [0.05, 0.1) is 22.0 Å². The highest BCUT2D eigenvalue weighted by Crippen LogP contribution is 2.38. The van der Waals surface area contributed by atoms with E-state index >= 15 is 0 Å². The van der Waals surface area contributed by atoms with Gasteiger partial charge in [0.25, 0.3) is 0 Å². The molecular formula is C23H28N2O6S2. The first-order chi connectivity index (χ1) is 15.8. The maximum absolute atomic E-state index is 12.8. The molecule has 1 aliphatic carbocycles. The monoisotopic (exact) mass is 492 g/mol. The number of ether oxygens (including phenoxy) is 2. The van der Waals surface area contributed by atoms with E-state index in [1.807, 2.05) is 0 Å². The Hall–Kier alpha value is -1.82. The van der Waals surface area contributed by atoms with Gasteiger partial charge < -0.3 is 9.47 Å². The third kappa shape index (κ3) is 4.87. The van der Waals surface area contributed by atoms with Crippen molar-refractivity contribution in [3.05, 3.63) is 47.5 Å². The zero-order valence-corrected chi connectivity index (χ0v) is 19.9. The standard InChI is InChI=1S/C23H28N2O6S2/c26-32(27,24-14-18-3-1-9-30-18)20-5-7-22-16(12-20)11-17-13-21(6-8-23(17)22)33(28,29)25-15-19-4-2-10-31-19/h5-8,12-13,18-19,24-25H,1-4,9-11,14-15H2/t18-,19-/m0/s1. The summed E-state index contributed by atoms with van der Waals surface area (Å²) in [4.78, 5) is 0.413. The Labute approximate surface area is 194 Å². The van der Waals surface area contributed by atoms with Crippen LogP contribution in [0.4, 0.5) is 0 Å². The predicted octanol–water partition coefficient (Wildman–Crippen LogP) is 2.17. The van der Waals surface area contributed by atoms with E-state index in [9.17, 15) is 16.8 Å². The van der Waals surface area contributed by atoms with Crippen molar-refractivity contribution < 1.29 is 26.3 Å². The van der Waals surface area contributed by atoms with E-state index in [0.717, 1.165) is 47.9 Å². The molecular weight excluding hydrogens is 464 g/mol. The van der Waals surface area contributed by atoms with Crippen LogP contribution in [0.1, 0.15) is 36.8 Å². The van der Waals surface area contributed by atoms with Gasteiger partial charge in [-0.3, -0.25) is 0 Å². The molecule has 0 bridgehead atoms. The molecule has 0 saturated carbocycles. The van der Waals surface area contributed by atoms with Crippen LogP contribution in [-0.4, -0.2) is 55.3 Å². The Balaban J connectivity index is 1.31. The third-order valence-electron chi connectivity index (χ3n) is 6.50. The van der Waals surface area contributed by atoms with Crippen molar-refractivity contribution in [3.63, 3.8) is 0 Å². The topological polar surface area (TPSA) is 111 Å². The van der Waals surface area contributed by atoms with E-state index in [2.05, 4.69) is 9.44 Å². The van der Waals surface area contributed by atoms with Crippen molar-refractivity contribution in [2.45, 2.75) is 54.1 Å². The summed E-state index contributed by atoms with van der Waals surface area (Å²) in [6.07, 6.45) is 3.94. The molecule has 2 aromatic rings. The lowest BCUT2D eigenvalue weighted by Crippen LogP contribution is -2.31. The molecule has 2 fully saturated rings. The number of rotatable bonds is 8. The molecule has 2 saturated heterocycles. The summed E-state index contributed by atoms with van der Waals surface area (Å²) in [6.45, 7) is 1.87. The Morgan fingerprint density at radius 3 is 1.58 bits per heavy atom. The van der Waals surface area contributed by atoms with Gasteiger partial charge in [-0.2, -0.15) is 0 Å². The first-order valence-electron chi connectivity index (χ1n) is 11.3. The molecule has 2 heterocycles. The fraction of sp³-hybridized carbons (Fsp3) is 0.478. The summed E-state index contributed by atoms with van der Waals surface area (Å²) >= 11 is 0. The number of hydrogen-bond donors (Lipinski definition) is 2. The molecule has 0 unspecified atom stereocenters. The minimum absolute atomic E-state index is 0.0762. The summed E-state index contributed by atoms with van der Waals surface area (Å²) in [5.74, 6) is 0. The molecule has 0 amide bonds.